The fourth-order valence-electron chi connectivity index (χ4n) is 3.60. The summed E-state index contributed by atoms with van der Waals surface area (Å²) in [4.78, 5) is 14.9. The number of hydrogen-bond acceptors (Lipinski definition) is 3. The first kappa shape index (κ1) is 18.5. The molecule has 0 aliphatic carbocycles. The van der Waals surface area contributed by atoms with Gasteiger partial charge in [0.2, 0.25) is 0 Å². The van der Waals surface area contributed by atoms with Crippen LogP contribution in [0.15, 0.2) is 30.3 Å². The Morgan fingerprint density at radius 3 is 2.46 bits per heavy atom. The van der Waals surface area contributed by atoms with Gasteiger partial charge in [0, 0.05) is 31.7 Å². The van der Waals surface area contributed by atoms with E-state index >= 15 is 0 Å². The minimum Gasteiger partial charge on any atom is -0.338 e. The van der Waals surface area contributed by atoms with Crippen molar-refractivity contribution in [2.24, 2.45) is 18.7 Å². The van der Waals surface area contributed by atoms with Gasteiger partial charge in [0.25, 0.3) is 5.91 Å². The highest BCUT2D eigenvalue weighted by molar-refractivity contribution is 5.96. The van der Waals surface area contributed by atoms with E-state index in [-0.39, 0.29) is 18.3 Å². The van der Waals surface area contributed by atoms with Crippen LogP contribution < -0.4 is 5.73 Å². The summed E-state index contributed by atoms with van der Waals surface area (Å²) in [6, 6.07) is 10.4. The van der Waals surface area contributed by atoms with E-state index in [4.69, 9.17) is 5.73 Å². The quantitative estimate of drug-likeness (QED) is 0.925. The van der Waals surface area contributed by atoms with Gasteiger partial charge in [-0.3, -0.25) is 9.48 Å². The Morgan fingerprint density at radius 2 is 1.92 bits per heavy atom. The van der Waals surface area contributed by atoms with Crippen LogP contribution in [0.25, 0.3) is 0 Å². The minimum atomic E-state index is 0. The van der Waals surface area contributed by atoms with Crippen LogP contribution in [-0.2, 0) is 7.05 Å². The van der Waals surface area contributed by atoms with Gasteiger partial charge in [0.15, 0.2) is 0 Å². The number of hydrogen-bond donors (Lipinski definition) is 1. The van der Waals surface area contributed by atoms with E-state index in [1.165, 1.54) is 5.56 Å². The van der Waals surface area contributed by atoms with Crippen molar-refractivity contribution in [1.29, 1.82) is 0 Å². The van der Waals surface area contributed by atoms with Gasteiger partial charge in [0.1, 0.15) is 0 Å². The number of likely N-dealkylation sites (tertiary alicyclic amines) is 1. The van der Waals surface area contributed by atoms with Crippen LogP contribution in [0, 0.1) is 19.8 Å². The molecule has 2 N–H and O–H groups in total. The molecule has 0 saturated carbocycles. The van der Waals surface area contributed by atoms with Crippen LogP contribution in [0.5, 0.6) is 0 Å². The number of aromatic nitrogens is 2. The second kappa shape index (κ2) is 7.36. The minimum absolute atomic E-state index is 0. The van der Waals surface area contributed by atoms with Crippen LogP contribution in [-0.4, -0.2) is 40.2 Å². The molecule has 0 bridgehead atoms. The third-order valence-corrected chi connectivity index (χ3v) is 4.98. The Hall–Kier alpha value is -1.85. The third kappa shape index (κ3) is 3.19. The topological polar surface area (TPSA) is 64.2 Å². The summed E-state index contributed by atoms with van der Waals surface area (Å²) in [6.07, 6.45) is 0. The normalized spacial score (nSPS) is 20.1. The van der Waals surface area contributed by atoms with Crippen LogP contribution in [0.4, 0.5) is 0 Å². The summed E-state index contributed by atoms with van der Waals surface area (Å²) in [5, 5.41) is 4.36. The third-order valence-electron chi connectivity index (χ3n) is 4.98. The first-order chi connectivity index (χ1) is 11.0. The predicted octanol–water partition coefficient (Wildman–Crippen LogP) is 2.27. The molecule has 24 heavy (non-hydrogen) atoms. The number of halogens is 1. The van der Waals surface area contributed by atoms with E-state index in [9.17, 15) is 4.79 Å². The average Bonchev–Trinajstić information content (AvgIpc) is 3.09. The van der Waals surface area contributed by atoms with Gasteiger partial charge >= 0.3 is 0 Å². The van der Waals surface area contributed by atoms with Crippen molar-refractivity contribution < 1.29 is 4.79 Å². The van der Waals surface area contributed by atoms with Crippen LogP contribution >= 0.6 is 12.4 Å². The van der Waals surface area contributed by atoms with E-state index in [1.54, 1.807) is 4.68 Å². The van der Waals surface area contributed by atoms with Gasteiger partial charge in [-0.15, -0.1) is 12.4 Å². The first-order valence-corrected chi connectivity index (χ1v) is 8.07. The summed E-state index contributed by atoms with van der Waals surface area (Å²) in [5.74, 6) is 0.686. The van der Waals surface area contributed by atoms with Crippen molar-refractivity contribution in [2.45, 2.75) is 19.8 Å². The van der Waals surface area contributed by atoms with Crippen molar-refractivity contribution in [3.63, 3.8) is 0 Å². The van der Waals surface area contributed by atoms with Gasteiger partial charge < -0.3 is 10.6 Å². The Balaban J connectivity index is 0.00000208. The smallest absolute Gasteiger partial charge is 0.257 e. The van der Waals surface area contributed by atoms with E-state index in [2.05, 4.69) is 17.2 Å². The number of amides is 1. The highest BCUT2D eigenvalue weighted by Crippen LogP contribution is 2.33. The molecule has 1 aliphatic heterocycles. The molecular weight excluding hydrogens is 324 g/mol. The van der Waals surface area contributed by atoms with Crippen molar-refractivity contribution in [3.8, 4) is 0 Å². The maximum Gasteiger partial charge on any atom is 0.257 e. The summed E-state index contributed by atoms with van der Waals surface area (Å²) in [6.45, 7) is 5.86. The van der Waals surface area contributed by atoms with E-state index < -0.39 is 0 Å². The van der Waals surface area contributed by atoms with Gasteiger partial charge in [-0.05, 0) is 31.9 Å². The lowest BCUT2D eigenvalue weighted by atomic mass is 9.89. The molecule has 0 radical (unpaired) electrons. The van der Waals surface area contributed by atoms with E-state index in [1.807, 2.05) is 44.0 Å². The van der Waals surface area contributed by atoms with Gasteiger partial charge in [-0.2, -0.15) is 5.10 Å². The molecule has 1 saturated heterocycles. The molecule has 1 amide bonds. The number of nitrogens with two attached hydrogens (primary N) is 1. The lowest BCUT2D eigenvalue weighted by molar-refractivity contribution is 0.0785. The number of nitrogens with zero attached hydrogens (tertiary/aromatic N) is 3. The molecule has 1 aromatic heterocycles. The molecule has 1 aromatic carbocycles. The molecule has 1 aliphatic rings. The first-order valence-electron chi connectivity index (χ1n) is 8.07. The molecule has 0 spiro atoms. The van der Waals surface area contributed by atoms with E-state index in [0.717, 1.165) is 23.5 Å². The van der Waals surface area contributed by atoms with Crippen LogP contribution in [0.1, 0.15) is 33.2 Å². The second-order valence-electron chi connectivity index (χ2n) is 6.39. The fourth-order valence-corrected chi connectivity index (χ4v) is 3.60. The average molecular weight is 349 g/mol. The van der Waals surface area contributed by atoms with Crippen LogP contribution in [0.2, 0.25) is 0 Å². The highest BCUT2D eigenvalue weighted by atomic mass is 35.5. The summed E-state index contributed by atoms with van der Waals surface area (Å²) in [7, 11) is 1.87. The molecule has 1 fully saturated rings. The monoisotopic (exact) mass is 348 g/mol. The summed E-state index contributed by atoms with van der Waals surface area (Å²) < 4.78 is 1.77. The molecule has 5 nitrogen and oxygen atoms in total. The number of benzene rings is 1. The zero-order chi connectivity index (χ0) is 16.6. The van der Waals surface area contributed by atoms with Gasteiger partial charge in [-0.1, -0.05) is 30.3 Å². The maximum atomic E-state index is 13.0. The molecular formula is C18H25ClN4O. The van der Waals surface area contributed by atoms with Crippen molar-refractivity contribution in [3.05, 3.63) is 52.8 Å². The summed E-state index contributed by atoms with van der Waals surface area (Å²) >= 11 is 0. The maximum absolute atomic E-state index is 13.0. The lowest BCUT2D eigenvalue weighted by Gasteiger charge is -2.17. The molecule has 2 aromatic rings. The Bertz CT molecular complexity index is 713. The largest absolute Gasteiger partial charge is 0.338 e. The standard InChI is InChI=1S/C18H24N4O.ClH/c1-12-17(13(2)21(3)20-12)18(23)22-10-15(9-19)16(11-22)14-7-5-4-6-8-14;/h4-8,15-16H,9-11,19H2,1-3H3;1H/t15-,16+;/m1./s1. The number of carbonyl (C=O) groups is 1. The van der Waals surface area contributed by atoms with Crippen LogP contribution in [0.3, 0.4) is 0 Å². The predicted molar refractivity (Wildman–Crippen MR) is 97.6 cm³/mol. The molecule has 6 heteroatoms. The molecule has 3 rings (SSSR count). The molecule has 130 valence electrons. The van der Waals surface area contributed by atoms with Gasteiger partial charge in [0.05, 0.1) is 11.3 Å². The Morgan fingerprint density at radius 1 is 1.25 bits per heavy atom. The fraction of sp³-hybridized carbons (Fsp3) is 0.444. The Kier molecular flexibility index (Phi) is 5.67. The second-order valence-corrected chi connectivity index (χ2v) is 6.39. The highest BCUT2D eigenvalue weighted by Gasteiger charge is 2.36. The summed E-state index contributed by atoms with van der Waals surface area (Å²) in [5.41, 5.74) is 9.68. The van der Waals surface area contributed by atoms with Crippen molar-refractivity contribution >= 4 is 18.3 Å². The zero-order valence-electron chi connectivity index (χ0n) is 14.4. The number of rotatable bonds is 3. The van der Waals surface area contributed by atoms with Gasteiger partial charge in [-0.25, -0.2) is 0 Å². The molecule has 2 heterocycles. The van der Waals surface area contributed by atoms with Crippen molar-refractivity contribution in [2.75, 3.05) is 19.6 Å². The molecule has 2 atom stereocenters. The Labute approximate surface area is 149 Å². The van der Waals surface area contributed by atoms with Crippen molar-refractivity contribution in [1.82, 2.24) is 14.7 Å². The number of aryl methyl sites for hydroxylation is 2. The van der Waals surface area contributed by atoms with E-state index in [0.29, 0.717) is 24.9 Å². The lowest BCUT2D eigenvalue weighted by Crippen LogP contribution is -2.30. The number of carbonyl (C=O) groups excluding carboxylic acids is 1. The zero-order valence-corrected chi connectivity index (χ0v) is 15.2. The SMILES string of the molecule is Cc1nn(C)c(C)c1C(=O)N1C[C@@H](CN)[C@H](c2ccccc2)C1.Cl. The molecule has 0 unspecified atom stereocenters.